The number of anilines is 1. The summed E-state index contributed by atoms with van der Waals surface area (Å²) in [5.74, 6) is 1.30. The summed E-state index contributed by atoms with van der Waals surface area (Å²) in [5.41, 5.74) is 0. The van der Waals surface area contributed by atoms with Gasteiger partial charge in [0.05, 0.1) is 11.2 Å². The molecule has 0 unspecified atom stereocenters. The van der Waals surface area contributed by atoms with Crippen LogP contribution in [-0.2, 0) is 4.79 Å². The Morgan fingerprint density at radius 1 is 1.12 bits per heavy atom. The maximum Gasteiger partial charge on any atom is 0.234 e. The first-order valence-electron chi connectivity index (χ1n) is 9.41. The van der Waals surface area contributed by atoms with Crippen LogP contribution in [0.4, 0.5) is 5.82 Å². The predicted octanol–water partition coefficient (Wildman–Crippen LogP) is 2.87. The van der Waals surface area contributed by atoms with E-state index in [1.807, 2.05) is 0 Å². The molecule has 25 heavy (non-hydrogen) atoms. The third-order valence-corrected chi connectivity index (χ3v) is 6.18. The number of nitrogens with one attached hydrogen (secondary N) is 1. The molecule has 0 atom stereocenters. The van der Waals surface area contributed by atoms with E-state index in [-0.39, 0.29) is 5.91 Å². The van der Waals surface area contributed by atoms with E-state index in [4.69, 9.17) is 0 Å². The smallest absolute Gasteiger partial charge is 0.234 e. The van der Waals surface area contributed by atoms with Crippen molar-refractivity contribution in [1.29, 1.82) is 0 Å². The average Bonchev–Trinajstić information content (AvgIpc) is 3.07. The Morgan fingerprint density at radius 2 is 1.88 bits per heavy atom. The van der Waals surface area contributed by atoms with Crippen LogP contribution in [0, 0.1) is 0 Å². The molecule has 1 aromatic heterocycles. The van der Waals surface area contributed by atoms with Gasteiger partial charge in [0.2, 0.25) is 5.91 Å². The lowest BCUT2D eigenvalue weighted by Crippen LogP contribution is -2.50. The van der Waals surface area contributed by atoms with Crippen LogP contribution in [0.15, 0.2) is 24.3 Å². The lowest BCUT2D eigenvalue weighted by molar-refractivity contribution is -0.123. The average molecular weight is 359 g/mol. The third kappa shape index (κ3) is 3.96. The quantitative estimate of drug-likeness (QED) is 0.913. The summed E-state index contributed by atoms with van der Waals surface area (Å²) in [6, 6.07) is 8.82. The van der Waals surface area contributed by atoms with Crippen LogP contribution < -0.4 is 10.2 Å². The Hall–Kier alpha value is -1.66. The predicted molar refractivity (Wildman–Crippen MR) is 103 cm³/mol. The number of piperazine rings is 1. The van der Waals surface area contributed by atoms with Gasteiger partial charge in [-0.15, -0.1) is 0 Å². The Bertz CT molecular complexity index is 717. The van der Waals surface area contributed by atoms with E-state index < -0.39 is 0 Å². The van der Waals surface area contributed by atoms with Crippen LogP contribution in [0.3, 0.4) is 0 Å². The number of benzene rings is 1. The zero-order valence-electron chi connectivity index (χ0n) is 14.6. The summed E-state index contributed by atoms with van der Waals surface area (Å²) < 4.78 is 5.89. The van der Waals surface area contributed by atoms with Crippen LogP contribution in [0.25, 0.3) is 10.1 Å². The second kappa shape index (κ2) is 7.70. The molecule has 1 aromatic carbocycles. The van der Waals surface area contributed by atoms with Gasteiger partial charge in [0, 0.05) is 37.6 Å². The fourth-order valence-corrected chi connectivity index (χ4v) is 4.74. The van der Waals surface area contributed by atoms with Crippen LogP contribution >= 0.6 is 11.5 Å². The van der Waals surface area contributed by atoms with Gasteiger partial charge >= 0.3 is 0 Å². The van der Waals surface area contributed by atoms with Crippen molar-refractivity contribution in [2.45, 2.75) is 38.1 Å². The molecular weight excluding hydrogens is 332 g/mol. The molecule has 2 heterocycles. The molecule has 1 N–H and O–H groups in total. The molecule has 1 aliphatic heterocycles. The largest absolute Gasteiger partial charge is 0.353 e. The van der Waals surface area contributed by atoms with Crippen LogP contribution in [0.1, 0.15) is 32.1 Å². The maximum absolute atomic E-state index is 12.3. The molecule has 4 rings (SSSR count). The fourth-order valence-electron chi connectivity index (χ4n) is 3.94. The van der Waals surface area contributed by atoms with E-state index in [0.29, 0.717) is 12.6 Å². The number of aromatic nitrogens is 1. The molecule has 2 aromatic rings. The van der Waals surface area contributed by atoms with E-state index in [1.165, 1.54) is 29.3 Å². The lowest BCUT2D eigenvalue weighted by Gasteiger charge is -2.35. The van der Waals surface area contributed by atoms with Crippen molar-refractivity contribution >= 4 is 33.3 Å². The lowest BCUT2D eigenvalue weighted by atomic mass is 9.95. The molecule has 2 aliphatic rings. The SMILES string of the molecule is O=C(CN1CCN(c2nsc3ccccc23)CC1)NC1CCCCC1. The van der Waals surface area contributed by atoms with Crippen molar-refractivity contribution in [1.82, 2.24) is 14.6 Å². The molecule has 6 heteroatoms. The number of hydrogen-bond acceptors (Lipinski definition) is 5. The van der Waals surface area contributed by atoms with Gasteiger partial charge in [-0.05, 0) is 36.5 Å². The molecule has 5 nitrogen and oxygen atoms in total. The van der Waals surface area contributed by atoms with Gasteiger partial charge in [-0.1, -0.05) is 31.4 Å². The number of carbonyl (C=O) groups is 1. The van der Waals surface area contributed by atoms with Gasteiger partial charge in [-0.2, -0.15) is 4.37 Å². The van der Waals surface area contributed by atoms with Crippen molar-refractivity contribution in [2.24, 2.45) is 0 Å². The first kappa shape index (κ1) is 16.8. The minimum absolute atomic E-state index is 0.194. The van der Waals surface area contributed by atoms with Gasteiger partial charge in [0.1, 0.15) is 5.82 Å². The topological polar surface area (TPSA) is 48.5 Å². The van der Waals surface area contributed by atoms with Crippen molar-refractivity contribution in [2.75, 3.05) is 37.6 Å². The zero-order valence-corrected chi connectivity index (χ0v) is 15.4. The molecule has 1 aliphatic carbocycles. The minimum Gasteiger partial charge on any atom is -0.353 e. The highest BCUT2D eigenvalue weighted by atomic mass is 32.1. The number of rotatable bonds is 4. The molecule has 0 spiro atoms. The summed E-state index contributed by atoms with van der Waals surface area (Å²) in [6.07, 6.45) is 6.13. The van der Waals surface area contributed by atoms with E-state index in [0.717, 1.165) is 44.8 Å². The second-order valence-electron chi connectivity index (χ2n) is 7.17. The molecule has 1 saturated heterocycles. The Morgan fingerprint density at radius 3 is 2.68 bits per heavy atom. The molecule has 0 radical (unpaired) electrons. The zero-order chi connectivity index (χ0) is 17.1. The van der Waals surface area contributed by atoms with E-state index in [9.17, 15) is 4.79 Å². The molecule has 134 valence electrons. The Kier molecular flexibility index (Phi) is 5.17. The van der Waals surface area contributed by atoms with Crippen LogP contribution in [0.2, 0.25) is 0 Å². The second-order valence-corrected chi connectivity index (χ2v) is 7.97. The molecule has 1 amide bonds. The summed E-state index contributed by atoms with van der Waals surface area (Å²) in [6.45, 7) is 4.24. The van der Waals surface area contributed by atoms with Gasteiger partial charge in [-0.25, -0.2) is 0 Å². The first-order valence-corrected chi connectivity index (χ1v) is 10.2. The first-order chi connectivity index (χ1) is 12.3. The standard InChI is InChI=1S/C19H26N4OS/c24-18(20-15-6-2-1-3-7-15)14-22-10-12-23(13-11-22)19-16-8-4-5-9-17(16)25-21-19/h4-5,8-9,15H,1-3,6-7,10-14H2,(H,20,24). The minimum atomic E-state index is 0.194. The fraction of sp³-hybridized carbons (Fsp3) is 0.579. The van der Waals surface area contributed by atoms with Crippen molar-refractivity contribution < 1.29 is 4.79 Å². The molecule has 1 saturated carbocycles. The number of nitrogens with zero attached hydrogens (tertiary/aromatic N) is 3. The third-order valence-electron chi connectivity index (χ3n) is 5.37. The van der Waals surface area contributed by atoms with Crippen LogP contribution in [0.5, 0.6) is 0 Å². The van der Waals surface area contributed by atoms with Crippen LogP contribution in [-0.4, -0.2) is 53.9 Å². The molecular formula is C19H26N4OS. The highest BCUT2D eigenvalue weighted by molar-refractivity contribution is 7.13. The summed E-state index contributed by atoms with van der Waals surface area (Å²) in [7, 11) is 0. The summed E-state index contributed by atoms with van der Waals surface area (Å²) in [4.78, 5) is 16.9. The van der Waals surface area contributed by atoms with Gasteiger partial charge in [0.15, 0.2) is 0 Å². The monoisotopic (exact) mass is 358 g/mol. The highest BCUT2D eigenvalue weighted by Crippen LogP contribution is 2.29. The Balaban J connectivity index is 1.28. The van der Waals surface area contributed by atoms with Gasteiger partial charge in [0.25, 0.3) is 0 Å². The number of carbonyl (C=O) groups excluding carboxylic acids is 1. The van der Waals surface area contributed by atoms with Crippen molar-refractivity contribution in [3.05, 3.63) is 24.3 Å². The highest BCUT2D eigenvalue weighted by Gasteiger charge is 2.23. The Labute approximate surface area is 153 Å². The number of amides is 1. The van der Waals surface area contributed by atoms with Crippen molar-refractivity contribution in [3.8, 4) is 0 Å². The van der Waals surface area contributed by atoms with E-state index in [1.54, 1.807) is 11.5 Å². The normalized spacial score (nSPS) is 20.1. The number of hydrogen-bond donors (Lipinski definition) is 1. The van der Waals surface area contributed by atoms with E-state index >= 15 is 0 Å². The maximum atomic E-state index is 12.3. The van der Waals surface area contributed by atoms with Crippen molar-refractivity contribution in [3.63, 3.8) is 0 Å². The molecule has 0 bridgehead atoms. The molecule has 2 fully saturated rings. The number of fused-ring (bicyclic) bond motifs is 1. The summed E-state index contributed by atoms with van der Waals surface area (Å²) >= 11 is 1.57. The van der Waals surface area contributed by atoms with Gasteiger partial charge in [-0.3, -0.25) is 9.69 Å². The van der Waals surface area contributed by atoms with Gasteiger partial charge < -0.3 is 10.2 Å². The summed E-state index contributed by atoms with van der Waals surface area (Å²) in [5, 5.41) is 4.47. The van der Waals surface area contributed by atoms with E-state index in [2.05, 4.69) is 43.8 Å².